The average molecular weight is 290 g/mol. The SMILES string of the molecule is CCC(C)NC(=O)C(C)N1CCC(C)S(=O)(=O)CC1. The van der Waals surface area contributed by atoms with Crippen molar-refractivity contribution in [3.05, 3.63) is 0 Å². The summed E-state index contributed by atoms with van der Waals surface area (Å²) in [6.45, 7) is 8.70. The van der Waals surface area contributed by atoms with Crippen LogP contribution in [0.3, 0.4) is 0 Å². The third-order valence-corrected chi connectivity index (χ3v) is 6.24. The normalized spacial score (nSPS) is 27.3. The topological polar surface area (TPSA) is 66.5 Å². The second kappa shape index (κ2) is 6.70. The molecular formula is C13H26N2O3S. The van der Waals surface area contributed by atoms with Crippen molar-refractivity contribution in [1.29, 1.82) is 0 Å². The highest BCUT2D eigenvalue weighted by atomic mass is 32.2. The van der Waals surface area contributed by atoms with Crippen LogP contribution in [0.1, 0.15) is 40.5 Å². The Hall–Kier alpha value is -0.620. The minimum atomic E-state index is -2.99. The third-order valence-electron chi connectivity index (χ3n) is 4.03. The lowest BCUT2D eigenvalue weighted by molar-refractivity contribution is -0.126. The highest BCUT2D eigenvalue weighted by molar-refractivity contribution is 7.92. The Kier molecular flexibility index (Phi) is 5.80. The van der Waals surface area contributed by atoms with Gasteiger partial charge in [0.25, 0.3) is 0 Å². The Morgan fingerprint density at radius 3 is 2.58 bits per heavy atom. The van der Waals surface area contributed by atoms with Crippen LogP contribution in [0.2, 0.25) is 0 Å². The number of hydrogen-bond donors (Lipinski definition) is 1. The van der Waals surface area contributed by atoms with Gasteiger partial charge >= 0.3 is 0 Å². The van der Waals surface area contributed by atoms with Crippen molar-refractivity contribution in [2.75, 3.05) is 18.8 Å². The lowest BCUT2D eigenvalue weighted by Crippen LogP contribution is -2.48. The van der Waals surface area contributed by atoms with Crippen LogP contribution >= 0.6 is 0 Å². The van der Waals surface area contributed by atoms with E-state index in [0.717, 1.165) is 6.42 Å². The Morgan fingerprint density at radius 1 is 1.37 bits per heavy atom. The first-order valence-corrected chi connectivity index (χ1v) is 8.75. The van der Waals surface area contributed by atoms with E-state index in [1.807, 2.05) is 25.7 Å². The summed E-state index contributed by atoms with van der Waals surface area (Å²) >= 11 is 0. The van der Waals surface area contributed by atoms with Crippen molar-refractivity contribution in [3.8, 4) is 0 Å². The van der Waals surface area contributed by atoms with Crippen LogP contribution in [0.4, 0.5) is 0 Å². The van der Waals surface area contributed by atoms with E-state index in [1.165, 1.54) is 0 Å². The largest absolute Gasteiger partial charge is 0.352 e. The summed E-state index contributed by atoms with van der Waals surface area (Å²) in [5, 5.41) is 2.65. The first-order valence-electron chi connectivity index (χ1n) is 7.04. The van der Waals surface area contributed by atoms with E-state index in [4.69, 9.17) is 0 Å². The number of rotatable bonds is 4. The fraction of sp³-hybridized carbons (Fsp3) is 0.923. The van der Waals surface area contributed by atoms with Gasteiger partial charge in [-0.1, -0.05) is 6.92 Å². The molecule has 0 aromatic heterocycles. The minimum absolute atomic E-state index is 0.0127. The molecule has 1 N–H and O–H groups in total. The van der Waals surface area contributed by atoms with Gasteiger partial charge in [-0.25, -0.2) is 8.42 Å². The molecule has 3 atom stereocenters. The van der Waals surface area contributed by atoms with Crippen LogP contribution in [0.5, 0.6) is 0 Å². The predicted molar refractivity (Wildman–Crippen MR) is 76.8 cm³/mol. The zero-order valence-corrected chi connectivity index (χ0v) is 13.2. The van der Waals surface area contributed by atoms with Crippen molar-refractivity contribution in [2.24, 2.45) is 0 Å². The molecule has 0 saturated carbocycles. The smallest absolute Gasteiger partial charge is 0.237 e. The van der Waals surface area contributed by atoms with Gasteiger partial charge in [0.1, 0.15) is 0 Å². The van der Waals surface area contributed by atoms with Gasteiger partial charge in [0, 0.05) is 19.1 Å². The Labute approximate surface area is 116 Å². The molecule has 6 heteroatoms. The molecule has 0 radical (unpaired) electrons. The molecule has 0 spiro atoms. The molecule has 1 heterocycles. The van der Waals surface area contributed by atoms with Crippen molar-refractivity contribution in [1.82, 2.24) is 10.2 Å². The maximum absolute atomic E-state index is 12.1. The summed E-state index contributed by atoms with van der Waals surface area (Å²) < 4.78 is 23.7. The first-order chi connectivity index (χ1) is 8.77. The second-order valence-corrected chi connectivity index (χ2v) is 8.03. The molecule has 0 bridgehead atoms. The minimum Gasteiger partial charge on any atom is -0.352 e. The zero-order valence-electron chi connectivity index (χ0n) is 12.3. The Bertz CT molecular complexity index is 408. The lowest BCUT2D eigenvalue weighted by atomic mass is 10.2. The van der Waals surface area contributed by atoms with E-state index in [2.05, 4.69) is 5.32 Å². The van der Waals surface area contributed by atoms with E-state index in [1.54, 1.807) is 6.92 Å². The third kappa shape index (κ3) is 4.45. The van der Waals surface area contributed by atoms with Crippen molar-refractivity contribution < 1.29 is 13.2 Å². The summed E-state index contributed by atoms with van der Waals surface area (Å²) in [6, 6.07) is -0.112. The van der Waals surface area contributed by atoms with Gasteiger partial charge in [-0.3, -0.25) is 9.69 Å². The van der Waals surface area contributed by atoms with Gasteiger partial charge in [-0.05, 0) is 33.6 Å². The summed E-state index contributed by atoms with van der Waals surface area (Å²) in [5.41, 5.74) is 0. The molecule has 112 valence electrons. The van der Waals surface area contributed by atoms with Gasteiger partial charge in [0.2, 0.25) is 5.91 Å². The zero-order chi connectivity index (χ0) is 14.6. The van der Waals surface area contributed by atoms with Gasteiger partial charge in [-0.15, -0.1) is 0 Å². The molecule has 0 aromatic rings. The van der Waals surface area contributed by atoms with Crippen molar-refractivity contribution in [3.63, 3.8) is 0 Å². The summed E-state index contributed by atoms with van der Waals surface area (Å²) in [6.07, 6.45) is 1.49. The van der Waals surface area contributed by atoms with Crippen LogP contribution in [-0.2, 0) is 14.6 Å². The van der Waals surface area contributed by atoms with Crippen LogP contribution in [0, 0.1) is 0 Å². The molecule has 19 heavy (non-hydrogen) atoms. The molecule has 1 saturated heterocycles. The molecule has 1 amide bonds. The fourth-order valence-corrected chi connectivity index (χ4v) is 3.46. The van der Waals surface area contributed by atoms with Gasteiger partial charge in [0.05, 0.1) is 17.0 Å². The monoisotopic (exact) mass is 290 g/mol. The number of carbonyl (C=O) groups excluding carboxylic acids is 1. The number of amides is 1. The molecule has 0 aliphatic carbocycles. The molecular weight excluding hydrogens is 264 g/mol. The predicted octanol–water partition coefficient (Wildman–Crippen LogP) is 0.799. The Morgan fingerprint density at radius 2 is 2.00 bits per heavy atom. The highest BCUT2D eigenvalue weighted by Crippen LogP contribution is 2.15. The summed E-state index contributed by atoms with van der Waals surface area (Å²) in [5.74, 6) is 0.135. The van der Waals surface area contributed by atoms with Gasteiger partial charge in [0.15, 0.2) is 9.84 Å². The van der Waals surface area contributed by atoms with E-state index < -0.39 is 9.84 Å². The van der Waals surface area contributed by atoms with E-state index in [9.17, 15) is 13.2 Å². The van der Waals surface area contributed by atoms with E-state index in [-0.39, 0.29) is 29.0 Å². The molecule has 5 nitrogen and oxygen atoms in total. The number of nitrogens with one attached hydrogen (secondary N) is 1. The molecule has 1 fully saturated rings. The molecule has 1 rings (SSSR count). The average Bonchev–Trinajstić information content (AvgIpc) is 2.49. The fourth-order valence-electron chi connectivity index (χ4n) is 2.10. The standard InChI is InChI=1S/C13H26N2O3S/c1-5-10(2)14-13(16)12(4)15-7-6-11(3)19(17,18)9-8-15/h10-12H,5-9H2,1-4H3,(H,14,16). The summed E-state index contributed by atoms with van der Waals surface area (Å²) in [7, 11) is -2.99. The van der Waals surface area contributed by atoms with Crippen LogP contribution in [-0.4, -0.2) is 55.4 Å². The van der Waals surface area contributed by atoms with Crippen molar-refractivity contribution in [2.45, 2.75) is 57.9 Å². The van der Waals surface area contributed by atoms with E-state index in [0.29, 0.717) is 19.5 Å². The van der Waals surface area contributed by atoms with Crippen LogP contribution in [0.25, 0.3) is 0 Å². The summed E-state index contributed by atoms with van der Waals surface area (Å²) in [4.78, 5) is 14.0. The van der Waals surface area contributed by atoms with Gasteiger partial charge in [-0.2, -0.15) is 0 Å². The highest BCUT2D eigenvalue weighted by Gasteiger charge is 2.30. The van der Waals surface area contributed by atoms with Crippen LogP contribution in [0.15, 0.2) is 0 Å². The number of hydrogen-bond acceptors (Lipinski definition) is 4. The number of nitrogens with zero attached hydrogens (tertiary/aromatic N) is 1. The number of carbonyl (C=O) groups is 1. The van der Waals surface area contributed by atoms with Gasteiger partial charge < -0.3 is 5.32 Å². The first kappa shape index (κ1) is 16.4. The second-order valence-electron chi connectivity index (χ2n) is 5.50. The van der Waals surface area contributed by atoms with Crippen molar-refractivity contribution >= 4 is 15.7 Å². The maximum Gasteiger partial charge on any atom is 0.237 e. The molecule has 1 aliphatic rings. The maximum atomic E-state index is 12.1. The molecule has 0 aromatic carbocycles. The molecule has 1 aliphatic heterocycles. The van der Waals surface area contributed by atoms with E-state index >= 15 is 0 Å². The molecule has 3 unspecified atom stereocenters. The lowest BCUT2D eigenvalue weighted by Gasteiger charge is -2.27. The number of sulfone groups is 1. The Balaban J connectivity index is 2.63. The quantitative estimate of drug-likeness (QED) is 0.831. The van der Waals surface area contributed by atoms with Crippen LogP contribution < -0.4 is 5.32 Å².